The molecule has 0 saturated carbocycles. The van der Waals surface area contributed by atoms with Crippen LogP contribution in [0.5, 0.6) is 0 Å². The maximum atomic E-state index is 12.0. The first-order valence-corrected chi connectivity index (χ1v) is 19.3. The standard InChI is InChI=1S/C19H31BO4S.C13H19IO2S/c1-14(2)25(21,22)13-12-15(3)16-8-10-17(11-9-16)20-23-18(4,5)19(6,7)24-20;1-10(2)17(15,16)9-8-11(3)12-4-6-13(14)7-5-12/h8-11,14-15H,12-13H2,1-7H3;4-7,10-11H,8-9H2,1-3H3/t15-;11-/m00/s1. The van der Waals surface area contributed by atoms with Gasteiger partial charge in [0.25, 0.3) is 0 Å². The van der Waals surface area contributed by atoms with Crippen LogP contribution >= 0.6 is 22.6 Å². The topological polar surface area (TPSA) is 86.7 Å². The van der Waals surface area contributed by atoms with Crippen molar-refractivity contribution >= 4 is 54.8 Å². The van der Waals surface area contributed by atoms with E-state index in [9.17, 15) is 16.8 Å². The molecule has 1 saturated heterocycles. The quantitative estimate of drug-likeness (QED) is 0.185. The summed E-state index contributed by atoms with van der Waals surface area (Å²) in [6.07, 6.45) is 1.33. The second-order valence-electron chi connectivity index (χ2n) is 13.0. The van der Waals surface area contributed by atoms with Crippen LogP contribution in [0.3, 0.4) is 0 Å². The minimum atomic E-state index is -2.99. The Kier molecular flexibility index (Phi) is 13.2. The second kappa shape index (κ2) is 14.9. The average Bonchev–Trinajstić information content (AvgIpc) is 3.13. The van der Waals surface area contributed by atoms with Crippen molar-refractivity contribution in [2.24, 2.45) is 0 Å². The van der Waals surface area contributed by atoms with Crippen LogP contribution in [0, 0.1) is 3.57 Å². The zero-order valence-electron chi connectivity index (χ0n) is 27.0. The van der Waals surface area contributed by atoms with Gasteiger partial charge in [-0.15, -0.1) is 0 Å². The Morgan fingerprint density at radius 3 is 1.31 bits per heavy atom. The van der Waals surface area contributed by atoms with E-state index in [0.29, 0.717) is 18.8 Å². The van der Waals surface area contributed by atoms with E-state index < -0.39 is 19.7 Å². The number of benzene rings is 2. The molecule has 2 aromatic carbocycles. The van der Waals surface area contributed by atoms with Crippen molar-refractivity contribution in [3.63, 3.8) is 0 Å². The van der Waals surface area contributed by atoms with Crippen LogP contribution in [0.2, 0.25) is 0 Å². The van der Waals surface area contributed by atoms with Gasteiger partial charge in [-0.05, 0) is 131 Å². The highest BCUT2D eigenvalue weighted by atomic mass is 127. The molecule has 1 aliphatic heterocycles. The van der Waals surface area contributed by atoms with Crippen molar-refractivity contribution in [2.45, 2.75) is 116 Å². The van der Waals surface area contributed by atoms with E-state index in [1.807, 2.05) is 52.0 Å². The molecule has 1 fully saturated rings. The van der Waals surface area contributed by atoms with E-state index in [1.54, 1.807) is 27.7 Å². The molecule has 2 atom stereocenters. The summed E-state index contributed by atoms with van der Waals surface area (Å²) in [6.45, 7) is 19.3. The minimum Gasteiger partial charge on any atom is -0.399 e. The molecule has 0 spiro atoms. The van der Waals surface area contributed by atoms with E-state index >= 15 is 0 Å². The maximum Gasteiger partial charge on any atom is 0.494 e. The Morgan fingerprint density at radius 2 is 0.976 bits per heavy atom. The lowest BCUT2D eigenvalue weighted by Crippen LogP contribution is -2.41. The fourth-order valence-electron chi connectivity index (χ4n) is 4.24. The van der Waals surface area contributed by atoms with E-state index in [0.717, 1.165) is 11.0 Å². The Labute approximate surface area is 269 Å². The molecule has 0 unspecified atom stereocenters. The van der Waals surface area contributed by atoms with Crippen molar-refractivity contribution in [3.8, 4) is 0 Å². The summed E-state index contributed by atoms with van der Waals surface area (Å²) in [5.74, 6) is 0.990. The first-order chi connectivity index (χ1) is 19.2. The molecular weight excluding hydrogens is 682 g/mol. The predicted octanol–water partition coefficient (Wildman–Crippen LogP) is 6.91. The largest absolute Gasteiger partial charge is 0.494 e. The molecule has 1 heterocycles. The molecule has 0 aliphatic carbocycles. The van der Waals surface area contributed by atoms with Crippen LogP contribution in [0.15, 0.2) is 48.5 Å². The zero-order valence-corrected chi connectivity index (χ0v) is 30.8. The number of sulfone groups is 2. The van der Waals surface area contributed by atoms with E-state index in [4.69, 9.17) is 9.31 Å². The maximum absolute atomic E-state index is 12.0. The van der Waals surface area contributed by atoms with Gasteiger partial charge in [-0.1, -0.05) is 50.2 Å². The molecule has 2 aromatic rings. The predicted molar refractivity (Wildman–Crippen MR) is 185 cm³/mol. The van der Waals surface area contributed by atoms with Gasteiger partial charge in [-0.25, -0.2) is 16.8 Å². The summed E-state index contributed by atoms with van der Waals surface area (Å²) in [5.41, 5.74) is 2.64. The SMILES string of the molecule is CC(C)S(=O)(=O)CC[C@H](C)c1ccc(B2OC(C)(C)C(C)(C)O2)cc1.CC(C)S(=O)(=O)CC[C@H](C)c1ccc(I)cc1. The summed E-state index contributed by atoms with van der Waals surface area (Å²) < 4.78 is 60.7. The van der Waals surface area contributed by atoms with Crippen LogP contribution in [0.25, 0.3) is 0 Å². The summed E-state index contributed by atoms with van der Waals surface area (Å²) in [4.78, 5) is 0. The van der Waals surface area contributed by atoms with Gasteiger partial charge >= 0.3 is 7.12 Å². The van der Waals surface area contributed by atoms with Gasteiger partial charge in [0.1, 0.15) is 0 Å². The fraction of sp³-hybridized carbons (Fsp3) is 0.625. The van der Waals surface area contributed by atoms with E-state index in [1.165, 1.54) is 9.13 Å². The summed E-state index contributed by atoms with van der Waals surface area (Å²) in [6, 6.07) is 16.4. The van der Waals surface area contributed by atoms with Gasteiger partial charge in [-0.2, -0.15) is 0 Å². The van der Waals surface area contributed by atoms with Gasteiger partial charge in [0, 0.05) is 3.57 Å². The number of hydrogen-bond donors (Lipinski definition) is 0. The average molecular weight is 733 g/mol. The molecule has 0 N–H and O–H groups in total. The first kappa shape index (κ1) is 37.2. The Hall–Kier alpha value is -0.945. The van der Waals surface area contributed by atoms with Gasteiger partial charge in [0.2, 0.25) is 0 Å². The minimum absolute atomic E-state index is 0.195. The molecule has 42 heavy (non-hydrogen) atoms. The summed E-state index contributed by atoms with van der Waals surface area (Å²) in [7, 11) is -6.26. The van der Waals surface area contributed by atoms with Crippen LogP contribution in [-0.2, 0) is 29.0 Å². The molecular formula is C32H50BIO6S2. The molecule has 3 rings (SSSR count). The number of rotatable bonds is 11. The molecule has 6 nitrogen and oxygen atoms in total. The highest BCUT2D eigenvalue weighted by Crippen LogP contribution is 2.36. The second-order valence-corrected chi connectivity index (χ2v) is 19.6. The van der Waals surface area contributed by atoms with Crippen LogP contribution < -0.4 is 5.46 Å². The molecule has 0 bridgehead atoms. The molecule has 0 amide bonds. The van der Waals surface area contributed by atoms with Crippen molar-refractivity contribution in [2.75, 3.05) is 11.5 Å². The highest BCUT2D eigenvalue weighted by Gasteiger charge is 2.51. The van der Waals surface area contributed by atoms with Gasteiger partial charge in [0.15, 0.2) is 19.7 Å². The third-order valence-electron chi connectivity index (χ3n) is 8.58. The molecule has 0 aromatic heterocycles. The molecule has 10 heteroatoms. The zero-order chi connectivity index (χ0) is 32.1. The lowest BCUT2D eigenvalue weighted by molar-refractivity contribution is 0.00578. The van der Waals surface area contributed by atoms with Gasteiger partial charge in [-0.3, -0.25) is 0 Å². The lowest BCUT2D eigenvalue weighted by Gasteiger charge is -2.32. The third-order valence-corrected chi connectivity index (χ3v) is 13.8. The molecule has 1 aliphatic rings. The van der Waals surface area contributed by atoms with Gasteiger partial charge in [0.05, 0.1) is 33.2 Å². The van der Waals surface area contributed by atoms with E-state index in [2.05, 4.69) is 60.7 Å². The smallest absolute Gasteiger partial charge is 0.399 e. The van der Waals surface area contributed by atoms with Crippen molar-refractivity contribution in [3.05, 3.63) is 63.2 Å². The third kappa shape index (κ3) is 10.3. The van der Waals surface area contributed by atoms with Gasteiger partial charge < -0.3 is 9.31 Å². The van der Waals surface area contributed by atoms with Crippen molar-refractivity contribution < 1.29 is 26.1 Å². The Bertz CT molecular complexity index is 1340. The summed E-state index contributed by atoms with van der Waals surface area (Å²) in [5, 5.41) is -0.586. The fourth-order valence-corrected chi connectivity index (χ4v) is 6.91. The monoisotopic (exact) mass is 732 g/mol. The van der Waals surface area contributed by atoms with Crippen LogP contribution in [0.4, 0.5) is 0 Å². The summed E-state index contributed by atoms with van der Waals surface area (Å²) >= 11 is 2.27. The Balaban J connectivity index is 0.000000317. The van der Waals surface area contributed by atoms with Crippen molar-refractivity contribution in [1.82, 2.24) is 0 Å². The normalized spacial score (nSPS) is 18.1. The first-order valence-electron chi connectivity index (χ1n) is 14.8. The van der Waals surface area contributed by atoms with Crippen molar-refractivity contribution in [1.29, 1.82) is 0 Å². The van der Waals surface area contributed by atoms with E-state index in [-0.39, 0.29) is 46.2 Å². The highest BCUT2D eigenvalue weighted by molar-refractivity contribution is 14.1. The number of hydrogen-bond acceptors (Lipinski definition) is 6. The lowest BCUT2D eigenvalue weighted by atomic mass is 9.78. The molecule has 236 valence electrons. The van der Waals surface area contributed by atoms with Crippen LogP contribution in [-0.4, -0.2) is 57.2 Å². The van der Waals surface area contributed by atoms with Crippen LogP contribution in [0.1, 0.15) is 105 Å². The Morgan fingerprint density at radius 1 is 0.643 bits per heavy atom. The molecule has 0 radical (unpaired) electrons. The number of halogens is 1.